The van der Waals surface area contributed by atoms with Crippen LogP contribution >= 0.6 is 0 Å². The molecule has 0 amide bonds. The Balaban J connectivity index is 4.52. The van der Waals surface area contributed by atoms with Crippen molar-refractivity contribution < 1.29 is 28.6 Å². The van der Waals surface area contributed by atoms with Crippen molar-refractivity contribution in [2.75, 3.05) is 13.2 Å². The molecule has 1 atom stereocenters. The first kappa shape index (κ1) is 71.8. The second-order valence-corrected chi connectivity index (χ2v) is 19.5. The van der Waals surface area contributed by atoms with Gasteiger partial charge in [0.2, 0.25) is 0 Å². The lowest BCUT2D eigenvalue weighted by Gasteiger charge is -2.18. The number of carbonyl (C=O) groups excluding carboxylic acids is 3. The summed E-state index contributed by atoms with van der Waals surface area (Å²) in [5.74, 6) is -1.05. The van der Waals surface area contributed by atoms with Gasteiger partial charge in [-0.3, -0.25) is 14.4 Å². The molecule has 6 nitrogen and oxygen atoms in total. The van der Waals surface area contributed by atoms with Gasteiger partial charge in [0, 0.05) is 19.3 Å². The lowest BCUT2D eigenvalue weighted by Crippen LogP contribution is -2.30. The Kier molecular flexibility index (Phi) is 59.0. The third-order valence-electron chi connectivity index (χ3n) is 12.2. The van der Waals surface area contributed by atoms with E-state index in [2.05, 4.69) is 191 Å². The molecule has 0 saturated heterocycles. The molecule has 0 radical (unpaired) electrons. The van der Waals surface area contributed by atoms with E-state index in [0.717, 1.165) is 122 Å². The second-order valence-electron chi connectivity index (χ2n) is 19.5. The third-order valence-corrected chi connectivity index (χ3v) is 12.2. The monoisotopic (exact) mass is 1060 g/mol. The first-order chi connectivity index (χ1) is 38.0. The maximum absolute atomic E-state index is 12.8. The molecule has 0 aliphatic rings. The lowest BCUT2D eigenvalue weighted by molar-refractivity contribution is -0.167. The van der Waals surface area contributed by atoms with Gasteiger partial charge in [0.05, 0.1) is 0 Å². The first-order valence-electron chi connectivity index (χ1n) is 30.6. The van der Waals surface area contributed by atoms with Crippen LogP contribution in [0.2, 0.25) is 0 Å². The van der Waals surface area contributed by atoms with Crippen molar-refractivity contribution in [2.45, 2.75) is 245 Å². The van der Waals surface area contributed by atoms with Crippen LogP contribution in [0, 0.1) is 0 Å². The minimum absolute atomic E-state index is 0.124. The Labute approximate surface area is 472 Å². The zero-order chi connectivity index (χ0) is 55.7. The Bertz CT molecular complexity index is 1790. The number of esters is 3. The first-order valence-corrected chi connectivity index (χ1v) is 30.6. The summed E-state index contributed by atoms with van der Waals surface area (Å²) in [6.45, 7) is 6.30. The van der Waals surface area contributed by atoms with Crippen molar-refractivity contribution in [3.63, 3.8) is 0 Å². The average Bonchev–Trinajstić information content (AvgIpc) is 3.43. The number of rotatable bonds is 53. The van der Waals surface area contributed by atoms with Crippen LogP contribution in [0.1, 0.15) is 239 Å². The fourth-order valence-corrected chi connectivity index (χ4v) is 7.71. The minimum atomic E-state index is -0.839. The smallest absolute Gasteiger partial charge is 0.306 e. The molecule has 0 saturated carbocycles. The van der Waals surface area contributed by atoms with E-state index in [1.807, 2.05) is 0 Å². The fourth-order valence-electron chi connectivity index (χ4n) is 7.71. The van der Waals surface area contributed by atoms with Gasteiger partial charge in [-0.15, -0.1) is 0 Å². The largest absolute Gasteiger partial charge is 0.462 e. The van der Waals surface area contributed by atoms with Crippen LogP contribution in [0.3, 0.4) is 0 Å². The topological polar surface area (TPSA) is 78.9 Å². The van der Waals surface area contributed by atoms with Crippen molar-refractivity contribution in [3.8, 4) is 0 Å². The molecule has 0 aromatic rings. The van der Waals surface area contributed by atoms with Crippen LogP contribution < -0.4 is 0 Å². The number of unbranched alkanes of at least 4 members (excludes halogenated alkanes) is 14. The quantitative estimate of drug-likeness (QED) is 0.0261. The molecule has 0 aliphatic carbocycles. The van der Waals surface area contributed by atoms with Crippen molar-refractivity contribution in [3.05, 3.63) is 170 Å². The summed E-state index contributed by atoms with van der Waals surface area (Å²) >= 11 is 0. The van der Waals surface area contributed by atoms with E-state index in [0.29, 0.717) is 19.3 Å². The van der Waals surface area contributed by atoms with Crippen molar-refractivity contribution >= 4 is 17.9 Å². The molecule has 430 valence electrons. The third kappa shape index (κ3) is 61.5. The molecule has 0 heterocycles. The second kappa shape index (κ2) is 63.3. The normalized spacial score (nSPS) is 13.3. The van der Waals surface area contributed by atoms with E-state index < -0.39 is 6.10 Å². The molecule has 77 heavy (non-hydrogen) atoms. The number of hydrogen-bond donors (Lipinski definition) is 0. The highest BCUT2D eigenvalue weighted by molar-refractivity contribution is 5.71. The van der Waals surface area contributed by atoms with Gasteiger partial charge in [0.1, 0.15) is 13.2 Å². The number of ether oxygens (including phenoxy) is 3. The van der Waals surface area contributed by atoms with Crippen LogP contribution in [0.4, 0.5) is 0 Å². The van der Waals surface area contributed by atoms with E-state index in [9.17, 15) is 14.4 Å². The van der Waals surface area contributed by atoms with E-state index in [1.165, 1.54) is 64.2 Å². The van der Waals surface area contributed by atoms with Crippen LogP contribution in [0.5, 0.6) is 0 Å². The van der Waals surface area contributed by atoms with E-state index in [4.69, 9.17) is 14.2 Å². The van der Waals surface area contributed by atoms with Crippen LogP contribution in [0.15, 0.2) is 170 Å². The molecule has 6 heteroatoms. The summed E-state index contributed by atoms with van der Waals surface area (Å²) in [5.41, 5.74) is 0. The van der Waals surface area contributed by atoms with Gasteiger partial charge in [0.25, 0.3) is 0 Å². The Morgan fingerprint density at radius 2 is 0.506 bits per heavy atom. The Hall–Kier alpha value is -5.23. The van der Waals surface area contributed by atoms with Gasteiger partial charge in [-0.25, -0.2) is 0 Å². The summed E-state index contributed by atoms with van der Waals surface area (Å²) in [5, 5.41) is 0. The number of allylic oxidation sites excluding steroid dienone is 28. The minimum Gasteiger partial charge on any atom is -0.462 e. The van der Waals surface area contributed by atoms with Crippen LogP contribution in [0.25, 0.3) is 0 Å². The lowest BCUT2D eigenvalue weighted by atomic mass is 10.0. The van der Waals surface area contributed by atoms with Gasteiger partial charge >= 0.3 is 17.9 Å². The standard InChI is InChI=1S/C71H110O6/c1-4-7-10-13-16-19-22-25-27-29-30-31-32-33-34-35-36-37-38-39-40-42-43-46-49-52-55-58-61-64-70(73)76-67-68(66-75-69(72)63-60-57-54-51-48-45-24-21-18-15-12-9-6-3)77-71(74)65-62-59-56-53-50-47-44-41-28-26-23-20-17-14-11-8-5-2/h7-8,10-11,16-17,19-20,25-28,30-31,33-34,36-37,39-40,43-44,46-47,52-53,55-56,68H,4-6,9,12-15,18,21-24,29,32,35,38,41-42,45,48-51,54,57-67H2,1-3H3/b10-7-,11-8-,19-16-,20-17-,27-25-,28-26-,31-30-,34-33-,37-36-,40-39-,46-43-,47-44-,55-52-,56-53-. The number of carbonyl (C=O) groups is 3. The summed E-state index contributed by atoms with van der Waals surface area (Å²) in [7, 11) is 0. The zero-order valence-electron chi connectivity index (χ0n) is 49.1. The van der Waals surface area contributed by atoms with Crippen LogP contribution in [-0.4, -0.2) is 37.2 Å². The average molecular weight is 1060 g/mol. The molecule has 0 fully saturated rings. The summed E-state index contributed by atoms with van der Waals surface area (Å²) in [6.07, 6.45) is 93.6. The van der Waals surface area contributed by atoms with Crippen molar-refractivity contribution in [1.29, 1.82) is 0 Å². The summed E-state index contributed by atoms with van der Waals surface area (Å²) < 4.78 is 16.8. The molecule has 0 bridgehead atoms. The predicted molar refractivity (Wildman–Crippen MR) is 334 cm³/mol. The van der Waals surface area contributed by atoms with E-state index in [-0.39, 0.29) is 44.0 Å². The maximum atomic E-state index is 12.8. The Morgan fingerprint density at radius 3 is 0.792 bits per heavy atom. The molecular weight excluding hydrogens is 949 g/mol. The zero-order valence-corrected chi connectivity index (χ0v) is 49.1. The van der Waals surface area contributed by atoms with E-state index >= 15 is 0 Å². The van der Waals surface area contributed by atoms with Crippen LogP contribution in [-0.2, 0) is 28.6 Å². The summed E-state index contributed by atoms with van der Waals surface area (Å²) in [6, 6.07) is 0. The SMILES string of the molecule is CC/C=C\C/C=C\C/C=C\C/C=C\C/C=C\C/C=C\C/C=C\C/C=C\C/C=C\CCCC(=O)OCC(COC(=O)CCCCCCCCCCCCCCC)OC(=O)CCC/C=C\C/C=C\C/C=C\C/C=C\C/C=C\CC. The molecule has 0 spiro atoms. The highest BCUT2D eigenvalue weighted by Crippen LogP contribution is 2.14. The highest BCUT2D eigenvalue weighted by Gasteiger charge is 2.19. The highest BCUT2D eigenvalue weighted by atomic mass is 16.6. The van der Waals surface area contributed by atoms with Crippen molar-refractivity contribution in [2.24, 2.45) is 0 Å². The molecule has 0 aliphatic heterocycles. The van der Waals surface area contributed by atoms with E-state index in [1.54, 1.807) is 0 Å². The van der Waals surface area contributed by atoms with Crippen molar-refractivity contribution in [1.82, 2.24) is 0 Å². The molecule has 0 rings (SSSR count). The van der Waals surface area contributed by atoms with Gasteiger partial charge in [-0.2, -0.15) is 0 Å². The van der Waals surface area contributed by atoms with Gasteiger partial charge in [-0.1, -0.05) is 268 Å². The molecular formula is C71H110O6. The molecule has 0 aromatic carbocycles. The number of hydrogen-bond acceptors (Lipinski definition) is 6. The van der Waals surface area contributed by atoms with Gasteiger partial charge in [-0.05, 0) is 122 Å². The summed E-state index contributed by atoms with van der Waals surface area (Å²) in [4.78, 5) is 38.2. The molecule has 0 N–H and O–H groups in total. The van der Waals surface area contributed by atoms with Gasteiger partial charge in [0.15, 0.2) is 6.10 Å². The molecule has 1 unspecified atom stereocenters. The maximum Gasteiger partial charge on any atom is 0.306 e. The Morgan fingerprint density at radius 1 is 0.273 bits per heavy atom. The predicted octanol–water partition coefficient (Wildman–Crippen LogP) is 21.1. The van der Waals surface area contributed by atoms with Gasteiger partial charge < -0.3 is 14.2 Å². The molecule has 0 aromatic heterocycles. The fraction of sp³-hybridized carbons (Fsp3) is 0.563.